The average Bonchev–Trinajstić information content (AvgIpc) is 2.50. The number of hydrogen-bond acceptors (Lipinski definition) is 3. The molecule has 4 nitrogen and oxygen atoms in total. The highest BCUT2D eigenvalue weighted by molar-refractivity contribution is 5.79. The number of nitrogens with two attached hydrogens (primary N) is 1. The first kappa shape index (κ1) is 16.8. The van der Waals surface area contributed by atoms with E-state index >= 15 is 0 Å². The molecule has 122 valence electrons. The summed E-state index contributed by atoms with van der Waals surface area (Å²) >= 11 is 0. The Bertz CT molecular complexity index is 355. The number of nitrogens with one attached hydrogen (secondary N) is 1. The second-order valence-corrected chi connectivity index (χ2v) is 7.03. The molecule has 4 atom stereocenters. The molecule has 1 saturated heterocycles. The van der Waals surface area contributed by atoms with Crippen LogP contribution in [0.2, 0.25) is 0 Å². The van der Waals surface area contributed by atoms with E-state index in [0.717, 1.165) is 51.6 Å². The minimum absolute atomic E-state index is 0.00533. The summed E-state index contributed by atoms with van der Waals surface area (Å²) in [7, 11) is 0. The summed E-state index contributed by atoms with van der Waals surface area (Å²) in [5.41, 5.74) is 6.21. The maximum atomic E-state index is 12.6. The minimum atomic E-state index is -0.0435. The standard InChI is InChI=1S/C17H32N2O2/c1-4-17(5-2)11-13(9-10-21-17)19-16(20)14-8-6-7-12(3)15(14)18/h12-15H,4-11,18H2,1-3H3,(H,19,20). The van der Waals surface area contributed by atoms with E-state index in [1.165, 1.54) is 0 Å². The zero-order chi connectivity index (χ0) is 15.5. The van der Waals surface area contributed by atoms with Crippen LogP contribution in [-0.4, -0.2) is 30.2 Å². The third-order valence-corrected chi connectivity index (χ3v) is 5.76. The van der Waals surface area contributed by atoms with Crippen LogP contribution < -0.4 is 11.1 Å². The predicted molar refractivity (Wildman–Crippen MR) is 84.9 cm³/mol. The first-order chi connectivity index (χ1) is 10.0. The van der Waals surface area contributed by atoms with Crippen molar-refractivity contribution >= 4 is 5.91 Å². The van der Waals surface area contributed by atoms with Crippen LogP contribution in [0.25, 0.3) is 0 Å². The van der Waals surface area contributed by atoms with Gasteiger partial charge in [-0.05, 0) is 44.4 Å². The van der Waals surface area contributed by atoms with E-state index in [1.54, 1.807) is 0 Å². The summed E-state index contributed by atoms with van der Waals surface area (Å²) in [5.74, 6) is 0.617. The Balaban J connectivity index is 1.93. The van der Waals surface area contributed by atoms with Gasteiger partial charge in [0.05, 0.1) is 11.5 Å². The number of rotatable bonds is 4. The number of hydrogen-bond donors (Lipinski definition) is 2. The first-order valence-electron chi connectivity index (χ1n) is 8.71. The van der Waals surface area contributed by atoms with Gasteiger partial charge in [0.15, 0.2) is 0 Å². The highest BCUT2D eigenvalue weighted by Gasteiger charge is 2.38. The maximum absolute atomic E-state index is 12.6. The summed E-state index contributed by atoms with van der Waals surface area (Å²) in [6.07, 6.45) is 7.08. The number of carbonyl (C=O) groups is 1. The van der Waals surface area contributed by atoms with Gasteiger partial charge in [0.1, 0.15) is 0 Å². The van der Waals surface area contributed by atoms with E-state index < -0.39 is 0 Å². The Hall–Kier alpha value is -0.610. The molecule has 2 aliphatic rings. The van der Waals surface area contributed by atoms with Crippen LogP contribution in [0.1, 0.15) is 65.7 Å². The van der Waals surface area contributed by atoms with Crippen molar-refractivity contribution in [3.63, 3.8) is 0 Å². The largest absolute Gasteiger partial charge is 0.375 e. The topological polar surface area (TPSA) is 64.4 Å². The molecule has 1 aliphatic carbocycles. The molecule has 3 N–H and O–H groups in total. The fourth-order valence-electron chi connectivity index (χ4n) is 3.95. The van der Waals surface area contributed by atoms with Gasteiger partial charge in [-0.2, -0.15) is 0 Å². The molecule has 0 spiro atoms. The molecular weight excluding hydrogens is 264 g/mol. The molecule has 1 saturated carbocycles. The van der Waals surface area contributed by atoms with Gasteiger partial charge in [0.25, 0.3) is 0 Å². The molecule has 2 fully saturated rings. The van der Waals surface area contributed by atoms with Crippen LogP contribution in [0.4, 0.5) is 0 Å². The lowest BCUT2D eigenvalue weighted by Crippen LogP contribution is -2.53. The lowest BCUT2D eigenvalue weighted by atomic mass is 9.77. The summed E-state index contributed by atoms with van der Waals surface area (Å²) in [6, 6.07) is 0.260. The van der Waals surface area contributed by atoms with E-state index in [0.29, 0.717) is 5.92 Å². The van der Waals surface area contributed by atoms with Crippen molar-refractivity contribution in [1.82, 2.24) is 5.32 Å². The molecule has 4 unspecified atom stereocenters. The Morgan fingerprint density at radius 1 is 1.29 bits per heavy atom. The van der Waals surface area contributed by atoms with Gasteiger partial charge in [0.2, 0.25) is 5.91 Å². The van der Waals surface area contributed by atoms with Crippen LogP contribution in [0.5, 0.6) is 0 Å². The lowest BCUT2D eigenvalue weighted by molar-refractivity contribution is -0.131. The normalized spacial score (nSPS) is 36.2. The number of carbonyl (C=O) groups excluding carboxylic acids is 1. The molecule has 1 aliphatic heterocycles. The first-order valence-corrected chi connectivity index (χ1v) is 8.71. The Labute approximate surface area is 129 Å². The molecule has 0 aromatic rings. The van der Waals surface area contributed by atoms with Gasteiger partial charge in [-0.25, -0.2) is 0 Å². The van der Waals surface area contributed by atoms with E-state index in [2.05, 4.69) is 26.1 Å². The van der Waals surface area contributed by atoms with Gasteiger partial charge in [-0.3, -0.25) is 4.79 Å². The molecule has 0 radical (unpaired) electrons. The fourth-order valence-corrected chi connectivity index (χ4v) is 3.95. The highest BCUT2D eigenvalue weighted by atomic mass is 16.5. The van der Waals surface area contributed by atoms with Crippen molar-refractivity contribution in [1.29, 1.82) is 0 Å². The zero-order valence-electron chi connectivity index (χ0n) is 13.9. The van der Waals surface area contributed by atoms with E-state index in [1.807, 2.05) is 0 Å². The molecular formula is C17H32N2O2. The SMILES string of the molecule is CCC1(CC)CC(NC(=O)C2CCCC(C)C2N)CCO1. The summed E-state index contributed by atoms with van der Waals surface area (Å²) < 4.78 is 5.98. The monoisotopic (exact) mass is 296 g/mol. The highest BCUT2D eigenvalue weighted by Crippen LogP contribution is 2.32. The molecule has 0 aromatic heterocycles. The fraction of sp³-hybridized carbons (Fsp3) is 0.941. The quantitative estimate of drug-likeness (QED) is 0.838. The third kappa shape index (κ3) is 3.78. The second kappa shape index (κ2) is 7.10. The van der Waals surface area contributed by atoms with Crippen LogP contribution in [0.15, 0.2) is 0 Å². The van der Waals surface area contributed by atoms with Crippen molar-refractivity contribution in [3.8, 4) is 0 Å². The maximum Gasteiger partial charge on any atom is 0.224 e. The molecule has 1 heterocycles. The van der Waals surface area contributed by atoms with Gasteiger partial charge in [-0.1, -0.05) is 27.2 Å². The van der Waals surface area contributed by atoms with Crippen molar-refractivity contribution in [2.45, 2.75) is 83.4 Å². The molecule has 4 heteroatoms. The third-order valence-electron chi connectivity index (χ3n) is 5.76. The summed E-state index contributed by atoms with van der Waals surface area (Å²) in [6.45, 7) is 7.26. The van der Waals surface area contributed by atoms with Gasteiger partial charge in [0, 0.05) is 18.7 Å². The predicted octanol–water partition coefficient (Wildman–Crippen LogP) is 2.60. The van der Waals surface area contributed by atoms with Gasteiger partial charge < -0.3 is 15.8 Å². The Morgan fingerprint density at radius 2 is 2.00 bits per heavy atom. The van der Waals surface area contributed by atoms with Crippen LogP contribution in [0, 0.1) is 11.8 Å². The average molecular weight is 296 g/mol. The minimum Gasteiger partial charge on any atom is -0.375 e. The van der Waals surface area contributed by atoms with Crippen molar-refractivity contribution in [2.75, 3.05) is 6.61 Å². The lowest BCUT2D eigenvalue weighted by Gasteiger charge is -2.41. The molecule has 0 bridgehead atoms. The van der Waals surface area contributed by atoms with Gasteiger partial charge >= 0.3 is 0 Å². The van der Waals surface area contributed by atoms with Crippen LogP contribution in [-0.2, 0) is 9.53 Å². The van der Waals surface area contributed by atoms with Crippen LogP contribution >= 0.6 is 0 Å². The van der Waals surface area contributed by atoms with E-state index in [4.69, 9.17) is 10.5 Å². The Morgan fingerprint density at radius 3 is 2.67 bits per heavy atom. The number of ether oxygens (including phenoxy) is 1. The molecule has 1 amide bonds. The second-order valence-electron chi connectivity index (χ2n) is 7.03. The van der Waals surface area contributed by atoms with Crippen molar-refractivity contribution in [3.05, 3.63) is 0 Å². The smallest absolute Gasteiger partial charge is 0.224 e. The summed E-state index contributed by atoms with van der Waals surface area (Å²) in [4.78, 5) is 12.6. The molecule has 21 heavy (non-hydrogen) atoms. The zero-order valence-corrected chi connectivity index (χ0v) is 13.9. The van der Waals surface area contributed by atoms with Crippen LogP contribution in [0.3, 0.4) is 0 Å². The Kier molecular flexibility index (Phi) is 5.67. The summed E-state index contributed by atoms with van der Waals surface area (Å²) in [5, 5.41) is 3.26. The van der Waals surface area contributed by atoms with E-state index in [9.17, 15) is 4.79 Å². The van der Waals surface area contributed by atoms with Gasteiger partial charge in [-0.15, -0.1) is 0 Å². The number of amides is 1. The van der Waals surface area contributed by atoms with E-state index in [-0.39, 0.29) is 29.5 Å². The van der Waals surface area contributed by atoms with Crippen molar-refractivity contribution < 1.29 is 9.53 Å². The molecule has 0 aromatic carbocycles. The molecule has 2 rings (SSSR count). The van der Waals surface area contributed by atoms with Crippen molar-refractivity contribution in [2.24, 2.45) is 17.6 Å².